The quantitative estimate of drug-likeness (QED) is 0.692. The summed E-state index contributed by atoms with van der Waals surface area (Å²) in [7, 11) is 1.63. The van der Waals surface area contributed by atoms with E-state index in [-0.39, 0.29) is 5.91 Å². The molecule has 1 amide bonds. The summed E-state index contributed by atoms with van der Waals surface area (Å²) in [6, 6.07) is 11.5. The van der Waals surface area contributed by atoms with Gasteiger partial charge in [-0.1, -0.05) is 15.9 Å². The Bertz CT molecular complexity index is 899. The van der Waals surface area contributed by atoms with Crippen LogP contribution in [0.1, 0.15) is 21.6 Å². The summed E-state index contributed by atoms with van der Waals surface area (Å²) < 4.78 is 6.24. The highest BCUT2D eigenvalue weighted by molar-refractivity contribution is 9.10. The van der Waals surface area contributed by atoms with Crippen LogP contribution in [0, 0.1) is 13.8 Å². The van der Waals surface area contributed by atoms with Crippen molar-refractivity contribution in [2.45, 2.75) is 13.8 Å². The number of anilines is 1. The van der Waals surface area contributed by atoms with Crippen molar-refractivity contribution < 1.29 is 9.53 Å². The summed E-state index contributed by atoms with van der Waals surface area (Å²) in [5.74, 6) is 0.624. The van der Waals surface area contributed by atoms with Gasteiger partial charge in [-0.25, -0.2) is 0 Å². The number of aryl methyl sites for hydroxylation is 2. The van der Waals surface area contributed by atoms with Gasteiger partial charge < -0.3 is 15.0 Å². The van der Waals surface area contributed by atoms with Gasteiger partial charge >= 0.3 is 0 Å². The van der Waals surface area contributed by atoms with Crippen molar-refractivity contribution in [3.05, 3.63) is 57.7 Å². The minimum Gasteiger partial charge on any atom is -0.497 e. The molecule has 23 heavy (non-hydrogen) atoms. The fourth-order valence-electron chi connectivity index (χ4n) is 2.61. The maximum absolute atomic E-state index is 12.6. The molecule has 1 heterocycles. The lowest BCUT2D eigenvalue weighted by Crippen LogP contribution is -2.14. The van der Waals surface area contributed by atoms with E-state index in [2.05, 4.69) is 26.2 Å². The molecule has 0 aliphatic carbocycles. The molecule has 2 N–H and O–H groups in total. The first-order valence-corrected chi connectivity index (χ1v) is 8.02. The van der Waals surface area contributed by atoms with Crippen LogP contribution >= 0.6 is 15.9 Å². The van der Waals surface area contributed by atoms with Crippen LogP contribution in [0.5, 0.6) is 5.75 Å². The molecule has 4 nitrogen and oxygen atoms in total. The van der Waals surface area contributed by atoms with Gasteiger partial charge in [-0.15, -0.1) is 0 Å². The number of aromatic amines is 1. The first-order chi connectivity index (χ1) is 11.0. The van der Waals surface area contributed by atoms with Crippen molar-refractivity contribution in [2.24, 2.45) is 0 Å². The highest BCUT2D eigenvalue weighted by atomic mass is 79.9. The molecule has 2 aromatic carbocycles. The molecule has 0 radical (unpaired) electrons. The van der Waals surface area contributed by atoms with Gasteiger partial charge in [0.25, 0.3) is 5.91 Å². The number of halogens is 1. The van der Waals surface area contributed by atoms with Crippen LogP contribution in [0.15, 0.2) is 40.9 Å². The molecule has 0 aliphatic heterocycles. The molecule has 1 aromatic heterocycles. The maximum atomic E-state index is 12.6. The third kappa shape index (κ3) is 2.97. The van der Waals surface area contributed by atoms with Crippen LogP contribution in [0.25, 0.3) is 10.9 Å². The number of amides is 1. The molecule has 3 aromatic rings. The minimum atomic E-state index is -0.150. The van der Waals surface area contributed by atoms with Gasteiger partial charge in [0.1, 0.15) is 11.4 Å². The molecule has 0 unspecified atom stereocenters. The van der Waals surface area contributed by atoms with Crippen LogP contribution in [0.2, 0.25) is 0 Å². The zero-order valence-corrected chi connectivity index (χ0v) is 14.7. The molecule has 0 aliphatic rings. The first kappa shape index (κ1) is 15.6. The molecule has 5 heteroatoms. The number of benzene rings is 2. The van der Waals surface area contributed by atoms with Crippen molar-refractivity contribution >= 4 is 38.4 Å². The molecule has 3 rings (SSSR count). The van der Waals surface area contributed by atoms with Crippen LogP contribution in [0.4, 0.5) is 5.69 Å². The van der Waals surface area contributed by atoms with E-state index in [9.17, 15) is 4.79 Å². The van der Waals surface area contributed by atoms with Crippen molar-refractivity contribution in [3.63, 3.8) is 0 Å². The molecule has 0 spiro atoms. The van der Waals surface area contributed by atoms with E-state index in [4.69, 9.17) is 4.74 Å². The second kappa shape index (κ2) is 6.08. The zero-order chi connectivity index (χ0) is 16.6. The van der Waals surface area contributed by atoms with Gasteiger partial charge in [0.15, 0.2) is 0 Å². The normalized spacial score (nSPS) is 10.8. The van der Waals surface area contributed by atoms with E-state index >= 15 is 0 Å². The monoisotopic (exact) mass is 372 g/mol. The van der Waals surface area contributed by atoms with E-state index in [1.54, 1.807) is 7.11 Å². The minimum absolute atomic E-state index is 0.150. The molecule has 0 saturated carbocycles. The summed E-state index contributed by atoms with van der Waals surface area (Å²) in [6.45, 7) is 3.89. The Balaban J connectivity index is 1.96. The number of H-pyrrole nitrogens is 1. The topological polar surface area (TPSA) is 54.1 Å². The highest BCUT2D eigenvalue weighted by Crippen LogP contribution is 2.27. The number of carbonyl (C=O) groups is 1. The Morgan fingerprint density at radius 2 is 1.96 bits per heavy atom. The average molecular weight is 373 g/mol. The fraction of sp³-hybridized carbons (Fsp3) is 0.167. The number of aromatic nitrogens is 1. The number of hydrogen-bond donors (Lipinski definition) is 2. The van der Waals surface area contributed by atoms with Gasteiger partial charge in [0.05, 0.1) is 7.11 Å². The lowest BCUT2D eigenvalue weighted by Gasteiger charge is -2.08. The van der Waals surface area contributed by atoms with E-state index in [1.807, 2.05) is 50.2 Å². The Hall–Kier alpha value is -2.27. The summed E-state index contributed by atoms with van der Waals surface area (Å²) >= 11 is 3.43. The van der Waals surface area contributed by atoms with E-state index in [0.717, 1.165) is 37.9 Å². The Morgan fingerprint density at radius 1 is 1.17 bits per heavy atom. The second-order valence-corrected chi connectivity index (χ2v) is 6.37. The Kier molecular flexibility index (Phi) is 4.13. The van der Waals surface area contributed by atoms with Crippen LogP contribution in [-0.4, -0.2) is 18.0 Å². The van der Waals surface area contributed by atoms with E-state index in [0.29, 0.717) is 5.69 Å². The number of ether oxygens (including phenoxy) is 1. The smallest absolute Gasteiger partial charge is 0.272 e. The summed E-state index contributed by atoms with van der Waals surface area (Å²) in [5, 5.41) is 3.95. The predicted molar refractivity (Wildman–Crippen MR) is 96.4 cm³/mol. The largest absolute Gasteiger partial charge is 0.497 e. The standard InChI is InChI=1S/C18H17BrN2O2/c1-10-8-12(19)4-6-15(10)21-18(22)17-11(2)14-9-13(23-3)5-7-16(14)20-17/h4-9,20H,1-3H3,(H,21,22). The molecule has 0 saturated heterocycles. The predicted octanol–water partition coefficient (Wildman–Crippen LogP) is 4.81. The van der Waals surface area contributed by atoms with Gasteiger partial charge in [0.2, 0.25) is 0 Å². The molecule has 0 fully saturated rings. The molecular weight excluding hydrogens is 356 g/mol. The van der Waals surface area contributed by atoms with Crippen LogP contribution in [0.3, 0.4) is 0 Å². The lowest BCUT2D eigenvalue weighted by atomic mass is 10.1. The third-order valence-corrected chi connectivity index (χ3v) is 4.42. The number of nitrogens with one attached hydrogen (secondary N) is 2. The first-order valence-electron chi connectivity index (χ1n) is 7.23. The number of hydrogen-bond acceptors (Lipinski definition) is 2. The average Bonchev–Trinajstić information content (AvgIpc) is 2.86. The van der Waals surface area contributed by atoms with Gasteiger partial charge in [-0.05, 0) is 61.4 Å². The van der Waals surface area contributed by atoms with Crippen LogP contribution < -0.4 is 10.1 Å². The van der Waals surface area contributed by atoms with Crippen molar-refractivity contribution in [1.29, 1.82) is 0 Å². The van der Waals surface area contributed by atoms with Gasteiger partial charge in [-0.3, -0.25) is 4.79 Å². The highest BCUT2D eigenvalue weighted by Gasteiger charge is 2.16. The number of carbonyl (C=O) groups excluding carboxylic acids is 1. The van der Waals surface area contributed by atoms with E-state index < -0.39 is 0 Å². The van der Waals surface area contributed by atoms with Gasteiger partial charge in [0, 0.05) is 21.1 Å². The SMILES string of the molecule is COc1ccc2[nH]c(C(=O)Nc3ccc(Br)cc3C)c(C)c2c1. The number of fused-ring (bicyclic) bond motifs is 1. The Labute approximate surface area is 143 Å². The number of methoxy groups -OCH3 is 1. The second-order valence-electron chi connectivity index (χ2n) is 5.45. The molecule has 0 atom stereocenters. The van der Waals surface area contributed by atoms with E-state index in [1.165, 1.54) is 0 Å². The zero-order valence-electron chi connectivity index (χ0n) is 13.2. The summed E-state index contributed by atoms with van der Waals surface area (Å²) in [4.78, 5) is 15.8. The Morgan fingerprint density at radius 3 is 2.65 bits per heavy atom. The molecular formula is C18H17BrN2O2. The van der Waals surface area contributed by atoms with Crippen LogP contribution in [-0.2, 0) is 0 Å². The van der Waals surface area contributed by atoms with Crippen molar-refractivity contribution in [3.8, 4) is 5.75 Å². The van der Waals surface area contributed by atoms with Crippen molar-refractivity contribution in [2.75, 3.05) is 12.4 Å². The fourth-order valence-corrected chi connectivity index (χ4v) is 3.09. The number of rotatable bonds is 3. The maximum Gasteiger partial charge on any atom is 0.272 e. The molecule has 118 valence electrons. The molecule has 0 bridgehead atoms. The van der Waals surface area contributed by atoms with Crippen molar-refractivity contribution in [1.82, 2.24) is 4.98 Å². The third-order valence-electron chi connectivity index (χ3n) is 3.93. The summed E-state index contributed by atoms with van der Waals surface area (Å²) in [6.07, 6.45) is 0. The van der Waals surface area contributed by atoms with Gasteiger partial charge in [-0.2, -0.15) is 0 Å². The lowest BCUT2D eigenvalue weighted by molar-refractivity contribution is 0.102. The summed E-state index contributed by atoms with van der Waals surface area (Å²) in [5.41, 5.74) is 4.19.